The Bertz CT molecular complexity index is 474. The molecule has 0 radical (unpaired) electrons. The van der Waals surface area contributed by atoms with Crippen LogP contribution in [0.2, 0.25) is 0 Å². The first kappa shape index (κ1) is 13.1. The van der Waals surface area contributed by atoms with Crippen molar-refractivity contribution in [2.45, 2.75) is 70.8 Å². The van der Waals surface area contributed by atoms with E-state index in [0.717, 1.165) is 30.6 Å². The van der Waals surface area contributed by atoms with Crippen molar-refractivity contribution in [2.75, 3.05) is 0 Å². The normalized spacial score (nSPS) is 47.8. The number of fused-ring (bicyclic) bond motifs is 4. The minimum atomic E-state index is -0.0505. The molecular weight excluding hydrogens is 244 g/mol. The van der Waals surface area contributed by atoms with Crippen LogP contribution in [0.1, 0.15) is 64.7 Å². The van der Waals surface area contributed by atoms with Crippen LogP contribution in [-0.4, -0.2) is 11.2 Å². The molecule has 4 rings (SSSR count). The van der Waals surface area contributed by atoms with Gasteiger partial charge in [-0.2, -0.15) is 0 Å². The van der Waals surface area contributed by atoms with Gasteiger partial charge in [0.2, 0.25) is 0 Å². The number of rotatable bonds is 0. The summed E-state index contributed by atoms with van der Waals surface area (Å²) in [7, 11) is 0. The number of allylic oxidation sites excluding steroid dienone is 2. The van der Waals surface area contributed by atoms with Crippen molar-refractivity contribution < 1.29 is 5.11 Å². The number of aliphatic hydroxyl groups is 1. The predicted molar refractivity (Wildman–Crippen MR) is 82.3 cm³/mol. The molecule has 4 aliphatic rings. The second-order valence-electron chi connectivity index (χ2n) is 8.04. The zero-order valence-corrected chi connectivity index (χ0v) is 12.8. The van der Waals surface area contributed by atoms with Crippen LogP contribution in [0.5, 0.6) is 0 Å². The van der Waals surface area contributed by atoms with Gasteiger partial charge in [0.05, 0.1) is 6.10 Å². The van der Waals surface area contributed by atoms with Crippen molar-refractivity contribution in [3.8, 4) is 0 Å². The van der Waals surface area contributed by atoms with E-state index in [4.69, 9.17) is 0 Å². The monoisotopic (exact) mass is 272 g/mol. The Balaban J connectivity index is 1.65. The Morgan fingerprint density at radius 3 is 2.80 bits per heavy atom. The summed E-state index contributed by atoms with van der Waals surface area (Å²) in [5.41, 5.74) is 5.42. The topological polar surface area (TPSA) is 20.2 Å². The van der Waals surface area contributed by atoms with Crippen molar-refractivity contribution in [2.24, 2.45) is 23.2 Å². The van der Waals surface area contributed by atoms with Crippen LogP contribution in [0, 0.1) is 23.2 Å². The van der Waals surface area contributed by atoms with E-state index in [1.54, 1.807) is 16.7 Å². The largest absolute Gasteiger partial charge is 0.393 e. The van der Waals surface area contributed by atoms with Crippen LogP contribution in [0.3, 0.4) is 0 Å². The standard InChI is InChI=1S/C19H28O/c1-12-3-8-18-17-6-4-13-11-14(20)5-7-15(13)16(17)9-10-19(12,18)2/h14,16-18,20H,1,3-11H2,2H3/t14-,16?,17?,18?,19+/m0/s1. The van der Waals surface area contributed by atoms with Gasteiger partial charge in [-0.15, -0.1) is 0 Å². The fourth-order valence-corrected chi connectivity index (χ4v) is 6.10. The first-order valence-electron chi connectivity index (χ1n) is 8.66. The molecule has 1 N–H and O–H groups in total. The van der Waals surface area contributed by atoms with Gasteiger partial charge in [-0.1, -0.05) is 30.2 Å². The number of hydrogen-bond donors (Lipinski definition) is 1. The molecule has 110 valence electrons. The molecule has 4 aliphatic carbocycles. The molecule has 1 heteroatoms. The molecule has 0 aromatic heterocycles. The summed E-state index contributed by atoms with van der Waals surface area (Å²) in [5.74, 6) is 2.67. The molecule has 5 atom stereocenters. The number of hydrogen-bond acceptors (Lipinski definition) is 1. The molecule has 0 aliphatic heterocycles. The highest BCUT2D eigenvalue weighted by Crippen LogP contribution is 2.62. The molecule has 0 heterocycles. The lowest BCUT2D eigenvalue weighted by Gasteiger charge is -2.51. The van der Waals surface area contributed by atoms with E-state index in [2.05, 4.69) is 13.5 Å². The van der Waals surface area contributed by atoms with E-state index < -0.39 is 0 Å². The fourth-order valence-electron chi connectivity index (χ4n) is 6.10. The summed E-state index contributed by atoms with van der Waals surface area (Å²) in [4.78, 5) is 0. The highest BCUT2D eigenvalue weighted by molar-refractivity contribution is 5.29. The molecule has 0 spiro atoms. The second-order valence-corrected chi connectivity index (χ2v) is 8.04. The molecule has 3 unspecified atom stereocenters. The summed E-state index contributed by atoms with van der Waals surface area (Å²) in [6.45, 7) is 6.89. The van der Waals surface area contributed by atoms with Crippen LogP contribution < -0.4 is 0 Å². The van der Waals surface area contributed by atoms with Crippen LogP contribution in [0.25, 0.3) is 0 Å². The van der Waals surface area contributed by atoms with E-state index in [-0.39, 0.29) is 6.10 Å². The average molecular weight is 272 g/mol. The van der Waals surface area contributed by atoms with E-state index in [9.17, 15) is 5.11 Å². The first-order valence-corrected chi connectivity index (χ1v) is 8.66. The second kappa shape index (κ2) is 4.47. The minimum Gasteiger partial charge on any atom is -0.393 e. The zero-order valence-electron chi connectivity index (χ0n) is 12.8. The summed E-state index contributed by atoms with van der Waals surface area (Å²) in [6.07, 6.45) is 11.2. The highest BCUT2D eigenvalue weighted by atomic mass is 16.3. The van der Waals surface area contributed by atoms with Crippen molar-refractivity contribution in [1.82, 2.24) is 0 Å². The quantitative estimate of drug-likeness (QED) is 0.638. The highest BCUT2D eigenvalue weighted by Gasteiger charge is 2.52. The summed E-state index contributed by atoms with van der Waals surface area (Å²) in [6, 6.07) is 0. The van der Waals surface area contributed by atoms with Crippen LogP contribution in [0.4, 0.5) is 0 Å². The van der Waals surface area contributed by atoms with Crippen molar-refractivity contribution in [3.05, 3.63) is 23.3 Å². The fraction of sp³-hybridized carbons (Fsp3) is 0.789. The third-order valence-electron chi connectivity index (χ3n) is 7.30. The first-order chi connectivity index (χ1) is 9.59. The van der Waals surface area contributed by atoms with Gasteiger partial charge < -0.3 is 5.11 Å². The summed E-state index contributed by atoms with van der Waals surface area (Å²) in [5, 5.41) is 9.92. The number of aliphatic hydroxyl groups excluding tert-OH is 1. The molecule has 1 nitrogen and oxygen atoms in total. The molecule has 0 saturated heterocycles. The molecule has 0 aromatic rings. The van der Waals surface area contributed by atoms with Gasteiger partial charge >= 0.3 is 0 Å². The maximum atomic E-state index is 9.92. The van der Waals surface area contributed by atoms with E-state index in [0.29, 0.717) is 5.41 Å². The lowest BCUT2D eigenvalue weighted by atomic mass is 9.54. The average Bonchev–Trinajstić information content (AvgIpc) is 2.74. The third kappa shape index (κ3) is 1.71. The summed E-state index contributed by atoms with van der Waals surface area (Å²) < 4.78 is 0. The maximum absolute atomic E-state index is 9.92. The summed E-state index contributed by atoms with van der Waals surface area (Å²) >= 11 is 0. The van der Waals surface area contributed by atoms with E-state index >= 15 is 0 Å². The molecule has 0 aromatic carbocycles. The van der Waals surface area contributed by atoms with Crippen molar-refractivity contribution in [1.29, 1.82) is 0 Å². The third-order valence-corrected chi connectivity index (χ3v) is 7.30. The SMILES string of the molecule is C=C1CCC2C3CCC4=C(CC[C@H](O)C4)C3CC[C@]12C. The van der Waals surface area contributed by atoms with Gasteiger partial charge in [-0.3, -0.25) is 0 Å². The van der Waals surface area contributed by atoms with Crippen molar-refractivity contribution in [3.63, 3.8) is 0 Å². The van der Waals surface area contributed by atoms with Gasteiger partial charge in [0.1, 0.15) is 0 Å². The van der Waals surface area contributed by atoms with Crippen molar-refractivity contribution >= 4 is 0 Å². The Kier molecular flexibility index (Phi) is 2.93. The van der Waals surface area contributed by atoms with Gasteiger partial charge in [-0.25, -0.2) is 0 Å². The molecule has 0 bridgehead atoms. The smallest absolute Gasteiger partial charge is 0.0580 e. The zero-order chi connectivity index (χ0) is 13.9. The molecular formula is C19H28O. The minimum absolute atomic E-state index is 0.0505. The van der Waals surface area contributed by atoms with Gasteiger partial charge in [0.25, 0.3) is 0 Å². The van der Waals surface area contributed by atoms with Gasteiger partial charge in [0, 0.05) is 0 Å². The Hall–Kier alpha value is -0.560. The van der Waals surface area contributed by atoms with Gasteiger partial charge in [0.15, 0.2) is 0 Å². The maximum Gasteiger partial charge on any atom is 0.0580 e. The van der Waals surface area contributed by atoms with E-state index in [1.807, 2.05) is 0 Å². The molecule has 20 heavy (non-hydrogen) atoms. The molecule has 2 fully saturated rings. The Morgan fingerprint density at radius 1 is 1.10 bits per heavy atom. The molecule has 2 saturated carbocycles. The van der Waals surface area contributed by atoms with Crippen LogP contribution in [-0.2, 0) is 0 Å². The van der Waals surface area contributed by atoms with Crippen LogP contribution in [0.15, 0.2) is 23.3 Å². The predicted octanol–water partition coefficient (Wildman–Crippen LogP) is 4.62. The molecule has 0 amide bonds. The van der Waals surface area contributed by atoms with E-state index in [1.165, 1.54) is 44.9 Å². The lowest BCUT2D eigenvalue weighted by molar-refractivity contribution is 0.0547. The lowest BCUT2D eigenvalue weighted by Crippen LogP contribution is -2.42. The Morgan fingerprint density at radius 2 is 1.95 bits per heavy atom. The van der Waals surface area contributed by atoms with Crippen LogP contribution >= 0.6 is 0 Å². The Labute approximate surface area is 123 Å². The van der Waals surface area contributed by atoms with Gasteiger partial charge in [-0.05, 0) is 81.0 Å².